The third-order valence-corrected chi connectivity index (χ3v) is 4.50. The molecule has 1 atom stereocenters. The Kier molecular flexibility index (Phi) is 5.81. The predicted molar refractivity (Wildman–Crippen MR) is 90.1 cm³/mol. The van der Waals surface area contributed by atoms with E-state index in [-0.39, 0.29) is 0 Å². The molecule has 1 nitrogen and oxygen atoms in total. The number of hydrogen-bond acceptors (Lipinski definition) is 2. The molecule has 0 aliphatic heterocycles. The standard InChI is InChI=1S/C18H25NS/c1-14(2)9-10-15(3)19-12-18-11-17(13-20-18)16-7-5-4-6-8-16/h4-8,11,13-15,19H,9-10,12H2,1-3H3. The van der Waals surface area contributed by atoms with Crippen LogP contribution in [0.1, 0.15) is 38.5 Å². The first-order valence-electron chi connectivity index (χ1n) is 7.51. The van der Waals surface area contributed by atoms with Gasteiger partial charge in [-0.15, -0.1) is 11.3 Å². The van der Waals surface area contributed by atoms with Crippen LogP contribution in [0, 0.1) is 5.92 Å². The van der Waals surface area contributed by atoms with Gasteiger partial charge in [0, 0.05) is 17.5 Å². The van der Waals surface area contributed by atoms with E-state index >= 15 is 0 Å². The van der Waals surface area contributed by atoms with Crippen LogP contribution < -0.4 is 5.32 Å². The number of nitrogens with one attached hydrogen (secondary N) is 1. The van der Waals surface area contributed by atoms with Gasteiger partial charge in [0.2, 0.25) is 0 Å². The molecular formula is C18H25NS. The van der Waals surface area contributed by atoms with E-state index in [0.29, 0.717) is 6.04 Å². The summed E-state index contributed by atoms with van der Waals surface area (Å²) in [7, 11) is 0. The van der Waals surface area contributed by atoms with Gasteiger partial charge in [0.25, 0.3) is 0 Å². The largest absolute Gasteiger partial charge is 0.309 e. The fourth-order valence-corrected chi connectivity index (χ4v) is 3.06. The zero-order chi connectivity index (χ0) is 14.4. The fraction of sp³-hybridized carbons (Fsp3) is 0.444. The molecule has 1 aromatic heterocycles. The zero-order valence-electron chi connectivity index (χ0n) is 12.7. The number of hydrogen-bond donors (Lipinski definition) is 1. The van der Waals surface area contributed by atoms with Gasteiger partial charge in [-0.1, -0.05) is 44.2 Å². The lowest BCUT2D eigenvalue weighted by Crippen LogP contribution is -2.25. The van der Waals surface area contributed by atoms with Crippen LogP contribution in [0.3, 0.4) is 0 Å². The topological polar surface area (TPSA) is 12.0 Å². The summed E-state index contributed by atoms with van der Waals surface area (Å²) in [4.78, 5) is 1.42. The molecule has 1 N–H and O–H groups in total. The van der Waals surface area contributed by atoms with E-state index < -0.39 is 0 Å². The fourth-order valence-electron chi connectivity index (χ4n) is 2.22. The van der Waals surface area contributed by atoms with Crippen molar-refractivity contribution < 1.29 is 0 Å². The summed E-state index contributed by atoms with van der Waals surface area (Å²) in [5, 5.41) is 5.88. The van der Waals surface area contributed by atoms with E-state index in [1.165, 1.54) is 28.8 Å². The summed E-state index contributed by atoms with van der Waals surface area (Å²) in [5.41, 5.74) is 2.64. The average Bonchev–Trinajstić information content (AvgIpc) is 2.93. The van der Waals surface area contributed by atoms with Crippen LogP contribution in [-0.2, 0) is 6.54 Å². The van der Waals surface area contributed by atoms with Crippen molar-refractivity contribution in [2.75, 3.05) is 0 Å². The van der Waals surface area contributed by atoms with Gasteiger partial charge in [-0.3, -0.25) is 0 Å². The zero-order valence-corrected chi connectivity index (χ0v) is 13.5. The monoisotopic (exact) mass is 287 g/mol. The van der Waals surface area contributed by atoms with Crippen molar-refractivity contribution in [1.29, 1.82) is 0 Å². The Balaban J connectivity index is 1.84. The second kappa shape index (κ2) is 7.61. The van der Waals surface area contributed by atoms with Crippen molar-refractivity contribution in [2.24, 2.45) is 5.92 Å². The summed E-state index contributed by atoms with van der Waals surface area (Å²) in [5.74, 6) is 0.797. The summed E-state index contributed by atoms with van der Waals surface area (Å²) in [6.07, 6.45) is 2.56. The maximum absolute atomic E-state index is 3.63. The molecule has 2 rings (SSSR count). The van der Waals surface area contributed by atoms with Gasteiger partial charge in [0.15, 0.2) is 0 Å². The van der Waals surface area contributed by atoms with Gasteiger partial charge < -0.3 is 5.32 Å². The minimum atomic E-state index is 0.597. The lowest BCUT2D eigenvalue weighted by atomic mass is 10.0. The van der Waals surface area contributed by atoms with Crippen LogP contribution in [0.4, 0.5) is 0 Å². The molecule has 0 bridgehead atoms. The summed E-state index contributed by atoms with van der Waals surface area (Å²) < 4.78 is 0. The minimum Gasteiger partial charge on any atom is -0.309 e. The summed E-state index contributed by atoms with van der Waals surface area (Å²) >= 11 is 1.85. The van der Waals surface area contributed by atoms with E-state index in [4.69, 9.17) is 0 Å². The maximum Gasteiger partial charge on any atom is 0.0302 e. The molecule has 0 aliphatic carbocycles. The molecule has 0 amide bonds. The highest BCUT2D eigenvalue weighted by atomic mass is 32.1. The molecule has 0 fully saturated rings. The molecule has 2 aromatic rings. The third kappa shape index (κ3) is 4.77. The summed E-state index contributed by atoms with van der Waals surface area (Å²) in [6, 6.07) is 13.5. The van der Waals surface area contributed by atoms with Gasteiger partial charge in [-0.05, 0) is 48.3 Å². The Morgan fingerprint density at radius 2 is 1.75 bits per heavy atom. The van der Waals surface area contributed by atoms with E-state index in [2.05, 4.69) is 67.9 Å². The van der Waals surface area contributed by atoms with Gasteiger partial charge in [0.05, 0.1) is 0 Å². The first-order chi connectivity index (χ1) is 9.65. The first kappa shape index (κ1) is 15.3. The smallest absolute Gasteiger partial charge is 0.0302 e. The molecule has 108 valence electrons. The molecule has 0 spiro atoms. The van der Waals surface area contributed by atoms with Crippen LogP contribution in [0.15, 0.2) is 41.8 Å². The molecule has 1 heterocycles. The molecule has 0 saturated carbocycles. The Labute approximate surface area is 127 Å². The normalized spacial score (nSPS) is 12.8. The van der Waals surface area contributed by atoms with Crippen LogP contribution in [0.5, 0.6) is 0 Å². The van der Waals surface area contributed by atoms with Crippen LogP contribution >= 0.6 is 11.3 Å². The van der Waals surface area contributed by atoms with Gasteiger partial charge in [0.1, 0.15) is 0 Å². The maximum atomic E-state index is 3.63. The van der Waals surface area contributed by atoms with Crippen molar-refractivity contribution in [1.82, 2.24) is 5.32 Å². The predicted octanol–water partition coefficient (Wildman–Crippen LogP) is 5.33. The highest BCUT2D eigenvalue weighted by Crippen LogP contribution is 2.25. The Bertz CT molecular complexity index is 501. The Morgan fingerprint density at radius 3 is 2.45 bits per heavy atom. The molecule has 20 heavy (non-hydrogen) atoms. The van der Waals surface area contributed by atoms with Crippen LogP contribution in [0.25, 0.3) is 11.1 Å². The molecular weight excluding hydrogens is 262 g/mol. The second-order valence-corrected chi connectivity index (χ2v) is 6.92. The van der Waals surface area contributed by atoms with Crippen molar-refractivity contribution in [3.63, 3.8) is 0 Å². The molecule has 1 unspecified atom stereocenters. The highest BCUT2D eigenvalue weighted by Gasteiger charge is 2.06. The van der Waals surface area contributed by atoms with Crippen molar-refractivity contribution >= 4 is 11.3 Å². The van der Waals surface area contributed by atoms with Crippen LogP contribution in [0.2, 0.25) is 0 Å². The van der Waals surface area contributed by atoms with Crippen molar-refractivity contribution in [3.8, 4) is 11.1 Å². The molecule has 2 heteroatoms. The number of benzene rings is 1. The lowest BCUT2D eigenvalue weighted by molar-refractivity contribution is 0.452. The van der Waals surface area contributed by atoms with Crippen molar-refractivity contribution in [3.05, 3.63) is 46.7 Å². The SMILES string of the molecule is CC(C)CCC(C)NCc1cc(-c2ccccc2)cs1. The Hall–Kier alpha value is -1.12. The highest BCUT2D eigenvalue weighted by molar-refractivity contribution is 7.10. The number of rotatable bonds is 7. The van der Waals surface area contributed by atoms with Gasteiger partial charge >= 0.3 is 0 Å². The van der Waals surface area contributed by atoms with E-state index in [9.17, 15) is 0 Å². The molecule has 0 saturated heterocycles. The van der Waals surface area contributed by atoms with Gasteiger partial charge in [-0.2, -0.15) is 0 Å². The van der Waals surface area contributed by atoms with E-state index in [1.807, 2.05) is 11.3 Å². The van der Waals surface area contributed by atoms with E-state index in [0.717, 1.165) is 12.5 Å². The molecule has 0 aliphatic rings. The second-order valence-electron chi connectivity index (χ2n) is 5.92. The minimum absolute atomic E-state index is 0.597. The van der Waals surface area contributed by atoms with E-state index in [1.54, 1.807) is 0 Å². The molecule has 1 aromatic carbocycles. The first-order valence-corrected chi connectivity index (χ1v) is 8.39. The number of thiophene rings is 1. The van der Waals surface area contributed by atoms with Gasteiger partial charge in [-0.25, -0.2) is 0 Å². The Morgan fingerprint density at radius 1 is 1.00 bits per heavy atom. The third-order valence-electron chi connectivity index (χ3n) is 3.56. The quantitative estimate of drug-likeness (QED) is 0.726. The lowest BCUT2D eigenvalue weighted by Gasteiger charge is -2.14. The van der Waals surface area contributed by atoms with Crippen LogP contribution in [-0.4, -0.2) is 6.04 Å². The van der Waals surface area contributed by atoms with Crippen molar-refractivity contribution in [2.45, 2.75) is 46.2 Å². The average molecular weight is 287 g/mol. The molecule has 0 radical (unpaired) electrons. The summed E-state index contributed by atoms with van der Waals surface area (Å²) in [6.45, 7) is 7.85.